The summed E-state index contributed by atoms with van der Waals surface area (Å²) in [5.74, 6) is 0.540. The maximum atomic E-state index is 12.6. The van der Waals surface area contributed by atoms with Crippen LogP contribution >= 0.6 is 0 Å². The summed E-state index contributed by atoms with van der Waals surface area (Å²) in [6.07, 6.45) is 1.13. The molecule has 1 N–H and O–H groups in total. The van der Waals surface area contributed by atoms with E-state index in [0.717, 1.165) is 39.3 Å². The summed E-state index contributed by atoms with van der Waals surface area (Å²) < 4.78 is 10.9. The van der Waals surface area contributed by atoms with Gasteiger partial charge in [0.2, 0.25) is 5.91 Å². The van der Waals surface area contributed by atoms with E-state index in [1.165, 1.54) is 0 Å². The number of nitrogens with zero attached hydrogens (tertiary/aromatic N) is 2. The van der Waals surface area contributed by atoms with Crippen molar-refractivity contribution in [2.24, 2.45) is 0 Å². The predicted molar refractivity (Wildman–Crippen MR) is 108 cm³/mol. The van der Waals surface area contributed by atoms with E-state index in [4.69, 9.17) is 9.47 Å². The number of rotatable bonds is 11. The third kappa shape index (κ3) is 7.86. The molecule has 156 valence electrons. The maximum Gasteiger partial charge on any atom is 0.260 e. The molecule has 2 amide bonds. The summed E-state index contributed by atoms with van der Waals surface area (Å²) in [4.78, 5) is 28.8. The van der Waals surface area contributed by atoms with Crippen molar-refractivity contribution in [2.75, 3.05) is 52.5 Å². The Morgan fingerprint density at radius 1 is 1.25 bits per heavy atom. The lowest BCUT2D eigenvalue weighted by atomic mass is 10.2. The van der Waals surface area contributed by atoms with Crippen molar-refractivity contribution in [3.05, 3.63) is 30.3 Å². The van der Waals surface area contributed by atoms with Crippen LogP contribution in [0.5, 0.6) is 5.75 Å². The fourth-order valence-corrected chi connectivity index (χ4v) is 3.04. The van der Waals surface area contributed by atoms with Crippen LogP contribution in [0.1, 0.15) is 26.7 Å². The van der Waals surface area contributed by atoms with Crippen molar-refractivity contribution in [3.8, 4) is 5.75 Å². The van der Waals surface area contributed by atoms with Gasteiger partial charge in [-0.3, -0.25) is 14.5 Å². The molecule has 1 unspecified atom stereocenters. The predicted octanol–water partition coefficient (Wildman–Crippen LogP) is 1.53. The molecular weight excluding hydrogens is 358 g/mol. The van der Waals surface area contributed by atoms with Gasteiger partial charge in [0.25, 0.3) is 5.91 Å². The first-order chi connectivity index (χ1) is 13.6. The summed E-state index contributed by atoms with van der Waals surface area (Å²) in [6.45, 7) is 9.18. The Kier molecular flexibility index (Phi) is 9.79. The molecule has 0 radical (unpaired) electrons. The Morgan fingerprint density at radius 3 is 2.64 bits per heavy atom. The summed E-state index contributed by atoms with van der Waals surface area (Å²) >= 11 is 0. The summed E-state index contributed by atoms with van der Waals surface area (Å²) in [7, 11) is 0. The van der Waals surface area contributed by atoms with E-state index in [0.29, 0.717) is 25.3 Å². The number of ether oxygens (including phenoxy) is 2. The normalized spacial score (nSPS) is 15.6. The zero-order valence-corrected chi connectivity index (χ0v) is 17.1. The highest BCUT2D eigenvalue weighted by Gasteiger charge is 2.20. The van der Waals surface area contributed by atoms with Gasteiger partial charge in [-0.1, -0.05) is 25.1 Å². The van der Waals surface area contributed by atoms with Crippen molar-refractivity contribution < 1.29 is 19.1 Å². The number of hydrogen-bond acceptors (Lipinski definition) is 5. The molecule has 28 heavy (non-hydrogen) atoms. The first kappa shape index (κ1) is 22.2. The van der Waals surface area contributed by atoms with Crippen LogP contribution in [0.4, 0.5) is 0 Å². The highest BCUT2D eigenvalue weighted by Crippen LogP contribution is 2.10. The summed E-state index contributed by atoms with van der Waals surface area (Å²) in [5, 5.41) is 2.95. The molecule has 1 fully saturated rings. The lowest BCUT2D eigenvalue weighted by Gasteiger charge is -2.29. The third-order valence-corrected chi connectivity index (χ3v) is 4.98. The molecular formula is C21H33N3O4. The van der Waals surface area contributed by atoms with Gasteiger partial charge in [-0.25, -0.2) is 0 Å². The molecule has 0 aromatic heterocycles. The van der Waals surface area contributed by atoms with Crippen molar-refractivity contribution in [1.29, 1.82) is 0 Å². The third-order valence-electron chi connectivity index (χ3n) is 4.98. The molecule has 2 rings (SSSR count). The minimum Gasteiger partial charge on any atom is -0.484 e. The molecule has 1 aromatic carbocycles. The van der Waals surface area contributed by atoms with Gasteiger partial charge in [0.15, 0.2) is 6.61 Å². The van der Waals surface area contributed by atoms with Gasteiger partial charge in [0, 0.05) is 45.2 Å². The zero-order valence-electron chi connectivity index (χ0n) is 17.1. The fourth-order valence-electron chi connectivity index (χ4n) is 3.04. The highest BCUT2D eigenvalue weighted by atomic mass is 16.5. The van der Waals surface area contributed by atoms with Gasteiger partial charge in [-0.05, 0) is 25.5 Å². The van der Waals surface area contributed by atoms with E-state index in [2.05, 4.69) is 10.2 Å². The van der Waals surface area contributed by atoms with Gasteiger partial charge in [-0.2, -0.15) is 0 Å². The Hall–Kier alpha value is -2.12. The van der Waals surface area contributed by atoms with Crippen LogP contribution in [0.3, 0.4) is 0 Å². The molecule has 1 heterocycles. The van der Waals surface area contributed by atoms with E-state index < -0.39 is 0 Å². The van der Waals surface area contributed by atoms with Crippen molar-refractivity contribution >= 4 is 11.8 Å². The molecule has 0 bridgehead atoms. The van der Waals surface area contributed by atoms with E-state index in [1.807, 2.05) is 44.2 Å². The van der Waals surface area contributed by atoms with Crippen molar-refractivity contribution in [2.45, 2.75) is 32.7 Å². The number of nitrogens with one attached hydrogen (secondary N) is 1. The Bertz CT molecular complexity index is 591. The van der Waals surface area contributed by atoms with Gasteiger partial charge < -0.3 is 19.7 Å². The van der Waals surface area contributed by atoms with Gasteiger partial charge in [0.1, 0.15) is 5.75 Å². The molecule has 0 saturated carbocycles. The minimum absolute atomic E-state index is 0.0208. The van der Waals surface area contributed by atoms with Crippen LogP contribution in [0.15, 0.2) is 30.3 Å². The number of benzene rings is 1. The number of carbonyl (C=O) groups excluding carboxylic acids is 2. The maximum absolute atomic E-state index is 12.6. The minimum atomic E-state index is -0.0979. The molecule has 1 saturated heterocycles. The van der Waals surface area contributed by atoms with Crippen LogP contribution in [0.25, 0.3) is 0 Å². The second-order valence-electron chi connectivity index (χ2n) is 7.00. The average molecular weight is 392 g/mol. The van der Waals surface area contributed by atoms with Crippen LogP contribution in [-0.4, -0.2) is 80.2 Å². The van der Waals surface area contributed by atoms with E-state index >= 15 is 0 Å². The largest absolute Gasteiger partial charge is 0.484 e. The topological polar surface area (TPSA) is 71.1 Å². The number of para-hydroxylation sites is 1. The van der Waals surface area contributed by atoms with Crippen LogP contribution in [-0.2, 0) is 14.3 Å². The smallest absolute Gasteiger partial charge is 0.260 e. The summed E-state index contributed by atoms with van der Waals surface area (Å²) in [6, 6.07) is 9.35. The van der Waals surface area contributed by atoms with Crippen LogP contribution < -0.4 is 10.1 Å². The zero-order chi connectivity index (χ0) is 20.2. The highest BCUT2D eigenvalue weighted by molar-refractivity contribution is 5.80. The first-order valence-corrected chi connectivity index (χ1v) is 10.1. The molecule has 7 heteroatoms. The van der Waals surface area contributed by atoms with Gasteiger partial charge >= 0.3 is 0 Å². The van der Waals surface area contributed by atoms with E-state index in [-0.39, 0.29) is 24.5 Å². The molecule has 1 aromatic rings. The van der Waals surface area contributed by atoms with E-state index in [1.54, 1.807) is 4.90 Å². The molecule has 1 aliphatic heterocycles. The first-order valence-electron chi connectivity index (χ1n) is 10.1. The molecule has 0 spiro atoms. The molecule has 1 aliphatic rings. The second-order valence-corrected chi connectivity index (χ2v) is 7.00. The number of amides is 2. The van der Waals surface area contributed by atoms with Crippen molar-refractivity contribution in [3.63, 3.8) is 0 Å². The quantitative estimate of drug-likeness (QED) is 0.619. The van der Waals surface area contributed by atoms with E-state index in [9.17, 15) is 9.59 Å². The van der Waals surface area contributed by atoms with Crippen LogP contribution in [0.2, 0.25) is 0 Å². The Balaban J connectivity index is 1.72. The second kappa shape index (κ2) is 12.4. The molecule has 7 nitrogen and oxygen atoms in total. The van der Waals surface area contributed by atoms with Crippen LogP contribution in [0, 0.1) is 0 Å². The SMILES string of the molecule is CCC(C)N(CCC(=O)NCCN1CCOCC1)C(=O)COc1ccccc1. The number of carbonyl (C=O) groups is 2. The number of morpholine rings is 1. The summed E-state index contributed by atoms with van der Waals surface area (Å²) in [5.41, 5.74) is 0. The standard InChI is InChI=1S/C21H33N3O4/c1-3-18(2)24(21(26)17-28-19-7-5-4-6-8-19)11-9-20(25)22-10-12-23-13-15-27-16-14-23/h4-8,18H,3,9-17H2,1-2H3,(H,22,25). The monoisotopic (exact) mass is 391 g/mol. The lowest BCUT2D eigenvalue weighted by Crippen LogP contribution is -2.44. The van der Waals surface area contributed by atoms with Gasteiger partial charge in [0.05, 0.1) is 13.2 Å². The average Bonchev–Trinajstić information content (AvgIpc) is 2.73. The Labute approximate surface area is 168 Å². The number of hydrogen-bond donors (Lipinski definition) is 1. The fraction of sp³-hybridized carbons (Fsp3) is 0.619. The molecule has 1 atom stereocenters. The molecule has 0 aliphatic carbocycles. The van der Waals surface area contributed by atoms with Crippen molar-refractivity contribution in [1.82, 2.24) is 15.1 Å². The van der Waals surface area contributed by atoms with Gasteiger partial charge in [-0.15, -0.1) is 0 Å². The lowest BCUT2D eigenvalue weighted by molar-refractivity contribution is -0.136. The Morgan fingerprint density at radius 2 is 1.96 bits per heavy atom.